The molecule has 0 aromatic rings. The van der Waals surface area contributed by atoms with Crippen LogP contribution in [0.3, 0.4) is 0 Å². The average molecular weight is 196 g/mol. The first-order valence-electron chi connectivity index (χ1n) is 4.14. The molecule has 74 valence electrons. The van der Waals surface area contributed by atoms with E-state index in [1.807, 2.05) is 0 Å². The first kappa shape index (κ1) is 12.0. The Morgan fingerprint density at radius 3 is 2.25 bits per heavy atom. The van der Waals surface area contributed by atoms with Gasteiger partial charge in [-0.2, -0.15) is 0 Å². The zero-order valence-electron chi connectivity index (χ0n) is 7.29. The van der Waals surface area contributed by atoms with Crippen LogP contribution in [-0.4, -0.2) is 26.6 Å². The van der Waals surface area contributed by atoms with E-state index < -0.39 is 7.94 Å². The second-order valence-electron chi connectivity index (χ2n) is 2.87. The predicted molar refractivity (Wildman–Crippen MR) is 49.0 cm³/mol. The van der Waals surface area contributed by atoms with Gasteiger partial charge in [0, 0.05) is 0 Å². The van der Waals surface area contributed by atoms with Crippen molar-refractivity contribution in [3.63, 3.8) is 0 Å². The summed E-state index contributed by atoms with van der Waals surface area (Å²) in [5.41, 5.74) is 0. The Hall–Kier alpha value is -0.0200. The third-order valence-corrected chi connectivity index (χ3v) is 2.64. The number of Topliss-reactive ketones (excluding diaryl/α,β-unsaturated/α-hetero) is 1. The SMILES string of the molecule is CCC(=O)CCCC[PH](O)(O)O. The second-order valence-corrected chi connectivity index (χ2v) is 4.92. The number of hydrogen-bond acceptors (Lipinski definition) is 4. The molecule has 5 heteroatoms. The fourth-order valence-corrected chi connectivity index (χ4v) is 1.59. The summed E-state index contributed by atoms with van der Waals surface area (Å²) in [7, 11) is -3.85. The first-order valence-corrected chi connectivity index (χ1v) is 6.19. The molecule has 0 aliphatic carbocycles. The third kappa shape index (κ3) is 8.08. The predicted octanol–water partition coefficient (Wildman–Crippen LogP) is 0.608. The Bertz CT molecular complexity index is 141. The van der Waals surface area contributed by atoms with Gasteiger partial charge in [0.25, 0.3) is 0 Å². The molecule has 0 heterocycles. The summed E-state index contributed by atoms with van der Waals surface area (Å²) in [6, 6.07) is 0. The van der Waals surface area contributed by atoms with Crippen molar-refractivity contribution in [3.8, 4) is 0 Å². The summed E-state index contributed by atoms with van der Waals surface area (Å²) in [5.74, 6) is 0.177. The standard InChI is InChI=1S/C7H17O4P/c1-2-7(8)5-3-4-6-12(9,10)11/h9-12H,2-6H2,1H3. The molecule has 0 unspecified atom stereocenters. The summed E-state index contributed by atoms with van der Waals surface area (Å²) in [6.45, 7) is 1.80. The van der Waals surface area contributed by atoms with Crippen LogP contribution in [0.4, 0.5) is 0 Å². The molecule has 0 rings (SSSR count). The van der Waals surface area contributed by atoms with Crippen molar-refractivity contribution in [3.05, 3.63) is 0 Å². The molecule has 0 aliphatic rings. The van der Waals surface area contributed by atoms with Crippen LogP contribution in [0, 0.1) is 0 Å². The van der Waals surface area contributed by atoms with E-state index in [-0.39, 0.29) is 11.9 Å². The van der Waals surface area contributed by atoms with Crippen LogP contribution >= 0.6 is 7.94 Å². The van der Waals surface area contributed by atoms with Gasteiger partial charge in [0.05, 0.1) is 0 Å². The minimum atomic E-state index is -3.85. The van der Waals surface area contributed by atoms with E-state index >= 15 is 0 Å². The van der Waals surface area contributed by atoms with Crippen LogP contribution in [0.1, 0.15) is 32.6 Å². The van der Waals surface area contributed by atoms with Gasteiger partial charge in [-0.05, 0) is 0 Å². The monoisotopic (exact) mass is 196 g/mol. The van der Waals surface area contributed by atoms with E-state index in [1.165, 1.54) is 0 Å². The molecule has 3 N–H and O–H groups in total. The number of carbonyl (C=O) groups is 1. The Kier molecular flexibility index (Phi) is 5.59. The van der Waals surface area contributed by atoms with Crippen LogP contribution in [0.5, 0.6) is 0 Å². The Morgan fingerprint density at radius 2 is 1.83 bits per heavy atom. The summed E-state index contributed by atoms with van der Waals surface area (Å²) >= 11 is 0. The van der Waals surface area contributed by atoms with E-state index in [4.69, 9.17) is 14.7 Å². The fourth-order valence-electron chi connectivity index (χ4n) is 0.861. The van der Waals surface area contributed by atoms with Gasteiger partial charge >= 0.3 is 72.0 Å². The van der Waals surface area contributed by atoms with E-state index in [0.29, 0.717) is 25.7 Å². The molecular formula is C7H17O4P. The molecule has 0 aromatic carbocycles. The molecule has 0 aliphatic heterocycles. The molecule has 0 fully saturated rings. The maximum absolute atomic E-state index is 10.8. The van der Waals surface area contributed by atoms with Crippen molar-refractivity contribution in [2.45, 2.75) is 32.6 Å². The van der Waals surface area contributed by atoms with Crippen molar-refractivity contribution in [2.75, 3.05) is 6.16 Å². The topological polar surface area (TPSA) is 77.8 Å². The van der Waals surface area contributed by atoms with E-state index in [1.54, 1.807) is 6.92 Å². The molecule has 0 saturated heterocycles. The normalized spacial score (nSPS) is 13.0. The van der Waals surface area contributed by atoms with Crippen molar-refractivity contribution in [1.29, 1.82) is 0 Å². The van der Waals surface area contributed by atoms with Crippen molar-refractivity contribution in [1.82, 2.24) is 0 Å². The van der Waals surface area contributed by atoms with Crippen LogP contribution in [0.2, 0.25) is 0 Å². The van der Waals surface area contributed by atoms with Gasteiger partial charge in [0.1, 0.15) is 0 Å². The quantitative estimate of drug-likeness (QED) is 0.429. The summed E-state index contributed by atoms with van der Waals surface area (Å²) in [6.07, 6.45) is 2.16. The number of carbonyl (C=O) groups excluding carboxylic acids is 1. The number of unbranched alkanes of at least 4 members (excludes halogenated alkanes) is 1. The van der Waals surface area contributed by atoms with Gasteiger partial charge in [-0.25, -0.2) is 0 Å². The average Bonchev–Trinajstić information content (AvgIpc) is 1.96. The minimum absolute atomic E-state index is 0.0317. The second kappa shape index (κ2) is 5.60. The zero-order chi connectivity index (χ0) is 9.61. The van der Waals surface area contributed by atoms with Gasteiger partial charge in [-0.1, -0.05) is 0 Å². The summed E-state index contributed by atoms with van der Waals surface area (Å²) < 4.78 is 0. The van der Waals surface area contributed by atoms with E-state index in [9.17, 15) is 4.79 Å². The van der Waals surface area contributed by atoms with E-state index in [2.05, 4.69) is 0 Å². The Labute approximate surface area is 72.8 Å². The van der Waals surface area contributed by atoms with Gasteiger partial charge in [0.2, 0.25) is 0 Å². The molecule has 0 aromatic heterocycles. The molecule has 4 nitrogen and oxygen atoms in total. The molecular weight excluding hydrogens is 179 g/mol. The fraction of sp³-hybridized carbons (Fsp3) is 0.857. The zero-order valence-corrected chi connectivity index (χ0v) is 8.29. The first-order chi connectivity index (χ1) is 5.45. The van der Waals surface area contributed by atoms with E-state index in [0.717, 1.165) is 0 Å². The van der Waals surface area contributed by atoms with Crippen LogP contribution in [0.15, 0.2) is 0 Å². The Morgan fingerprint density at radius 1 is 1.25 bits per heavy atom. The molecule has 0 amide bonds. The molecule has 0 spiro atoms. The summed E-state index contributed by atoms with van der Waals surface area (Å²) in [5, 5.41) is 0. The van der Waals surface area contributed by atoms with Crippen molar-refractivity contribution in [2.24, 2.45) is 0 Å². The number of hydrogen-bond donors (Lipinski definition) is 3. The van der Waals surface area contributed by atoms with Gasteiger partial charge in [0.15, 0.2) is 0 Å². The van der Waals surface area contributed by atoms with Crippen LogP contribution < -0.4 is 0 Å². The van der Waals surface area contributed by atoms with Gasteiger partial charge in [-0.15, -0.1) is 0 Å². The third-order valence-electron chi connectivity index (χ3n) is 1.61. The number of ketones is 1. The van der Waals surface area contributed by atoms with Gasteiger partial charge < -0.3 is 0 Å². The summed E-state index contributed by atoms with van der Waals surface area (Å²) in [4.78, 5) is 36.6. The molecule has 0 saturated carbocycles. The molecule has 12 heavy (non-hydrogen) atoms. The van der Waals surface area contributed by atoms with Crippen molar-refractivity contribution >= 4 is 13.7 Å². The number of rotatable bonds is 6. The van der Waals surface area contributed by atoms with Gasteiger partial charge in [-0.3, -0.25) is 0 Å². The van der Waals surface area contributed by atoms with Crippen molar-refractivity contribution < 1.29 is 19.5 Å². The van der Waals surface area contributed by atoms with Crippen LogP contribution in [0.25, 0.3) is 0 Å². The molecule has 0 atom stereocenters. The Balaban J connectivity index is 3.28. The molecule has 0 bridgehead atoms. The maximum atomic E-state index is 10.8. The molecule has 0 radical (unpaired) electrons. The van der Waals surface area contributed by atoms with Crippen LogP contribution in [-0.2, 0) is 4.79 Å².